The fraction of sp³-hybridized carbons (Fsp3) is 0.900. The molecule has 0 unspecified atom stereocenters. The van der Waals surface area contributed by atoms with Crippen molar-refractivity contribution in [1.29, 1.82) is 0 Å². The summed E-state index contributed by atoms with van der Waals surface area (Å²) >= 11 is 0. The molecule has 0 aromatic heterocycles. The summed E-state index contributed by atoms with van der Waals surface area (Å²) in [6, 6.07) is 0. The molecular formula is C30H48O3. The van der Waals surface area contributed by atoms with Crippen molar-refractivity contribution in [3.8, 4) is 0 Å². The van der Waals surface area contributed by atoms with E-state index < -0.39 is 17.5 Å². The summed E-state index contributed by atoms with van der Waals surface area (Å²) in [4.78, 5) is 12.5. The van der Waals surface area contributed by atoms with Crippen LogP contribution in [-0.4, -0.2) is 22.3 Å². The molecule has 33 heavy (non-hydrogen) atoms. The average molecular weight is 457 g/mol. The molecule has 9 atom stereocenters. The summed E-state index contributed by atoms with van der Waals surface area (Å²) in [6.45, 7) is 16.9. The Balaban J connectivity index is 1.58. The van der Waals surface area contributed by atoms with Crippen molar-refractivity contribution >= 4 is 5.97 Å². The van der Waals surface area contributed by atoms with Crippen molar-refractivity contribution < 1.29 is 15.0 Å². The Labute approximate surface area is 201 Å². The molecule has 0 heterocycles. The van der Waals surface area contributed by atoms with Crippen LogP contribution >= 0.6 is 0 Å². The lowest BCUT2D eigenvalue weighted by molar-refractivity contribution is -0.216. The van der Waals surface area contributed by atoms with Gasteiger partial charge < -0.3 is 10.2 Å². The maximum atomic E-state index is 12.5. The van der Waals surface area contributed by atoms with Gasteiger partial charge in [0, 0.05) is 0 Å². The first kappa shape index (κ1) is 23.9. The second-order valence-electron chi connectivity index (χ2n) is 15.0. The van der Waals surface area contributed by atoms with Crippen LogP contribution < -0.4 is 0 Å². The minimum absolute atomic E-state index is 0.0308. The van der Waals surface area contributed by atoms with Crippen LogP contribution in [0.1, 0.15) is 113 Å². The van der Waals surface area contributed by atoms with E-state index >= 15 is 0 Å². The van der Waals surface area contributed by atoms with Gasteiger partial charge in [-0.25, -0.2) is 0 Å². The fourth-order valence-corrected chi connectivity index (χ4v) is 10.5. The summed E-state index contributed by atoms with van der Waals surface area (Å²) < 4.78 is 0. The molecule has 0 amide bonds. The quantitative estimate of drug-likeness (QED) is 0.409. The van der Waals surface area contributed by atoms with E-state index in [9.17, 15) is 15.0 Å². The summed E-state index contributed by atoms with van der Waals surface area (Å²) in [7, 11) is 0. The van der Waals surface area contributed by atoms with Crippen LogP contribution in [-0.2, 0) is 4.79 Å². The van der Waals surface area contributed by atoms with E-state index in [0.29, 0.717) is 29.1 Å². The van der Waals surface area contributed by atoms with Gasteiger partial charge in [-0.1, -0.05) is 53.2 Å². The molecule has 0 aromatic carbocycles. The van der Waals surface area contributed by atoms with Crippen LogP contribution in [0.15, 0.2) is 11.6 Å². The second-order valence-corrected chi connectivity index (χ2v) is 15.0. The number of carbonyl (C=O) groups is 1. The molecule has 0 radical (unpaired) electrons. The Morgan fingerprint density at radius 3 is 2.21 bits per heavy atom. The number of carboxylic acid groups (broad SMARTS) is 1. The molecule has 5 rings (SSSR count). The van der Waals surface area contributed by atoms with E-state index in [1.165, 1.54) is 32.1 Å². The predicted octanol–water partition coefficient (Wildman–Crippen LogP) is 7.23. The summed E-state index contributed by atoms with van der Waals surface area (Å²) in [6.07, 6.45) is 13.2. The fourth-order valence-electron chi connectivity index (χ4n) is 10.5. The minimum atomic E-state index is -1.03. The van der Waals surface area contributed by atoms with Gasteiger partial charge in [0.1, 0.15) is 0 Å². The molecule has 0 aromatic rings. The number of aliphatic hydroxyl groups excluding tert-OH is 1. The molecule has 5 aliphatic carbocycles. The summed E-state index contributed by atoms with van der Waals surface area (Å²) in [5.74, 6) is 0.432. The molecule has 4 fully saturated rings. The zero-order valence-electron chi connectivity index (χ0n) is 22.3. The lowest BCUT2D eigenvalue weighted by Gasteiger charge is -2.71. The third-order valence-electron chi connectivity index (χ3n) is 13.2. The lowest BCUT2D eigenvalue weighted by atomic mass is 9.33. The Morgan fingerprint density at radius 1 is 0.879 bits per heavy atom. The Kier molecular flexibility index (Phi) is 4.99. The predicted molar refractivity (Wildman–Crippen MR) is 133 cm³/mol. The van der Waals surface area contributed by atoms with Gasteiger partial charge in [0.15, 0.2) is 0 Å². The number of aliphatic hydroxyl groups is 1. The van der Waals surface area contributed by atoms with Crippen molar-refractivity contribution in [3.63, 3.8) is 0 Å². The van der Waals surface area contributed by atoms with Crippen molar-refractivity contribution in [3.05, 3.63) is 11.6 Å². The van der Waals surface area contributed by atoms with Gasteiger partial charge in [-0.05, 0) is 116 Å². The van der Waals surface area contributed by atoms with E-state index in [0.717, 1.165) is 25.7 Å². The third-order valence-corrected chi connectivity index (χ3v) is 13.2. The number of fused-ring (bicyclic) bond motifs is 7. The monoisotopic (exact) mass is 456 g/mol. The maximum absolute atomic E-state index is 12.5. The zero-order chi connectivity index (χ0) is 24.2. The van der Waals surface area contributed by atoms with Gasteiger partial charge in [-0.2, -0.15) is 0 Å². The van der Waals surface area contributed by atoms with E-state index in [1.807, 2.05) is 6.92 Å². The van der Waals surface area contributed by atoms with Crippen molar-refractivity contribution in [1.82, 2.24) is 0 Å². The van der Waals surface area contributed by atoms with Crippen molar-refractivity contribution in [2.45, 2.75) is 119 Å². The second kappa shape index (κ2) is 6.89. The highest BCUT2D eigenvalue weighted by molar-refractivity contribution is 5.76. The summed E-state index contributed by atoms with van der Waals surface area (Å²) in [5, 5.41) is 21.1. The van der Waals surface area contributed by atoms with E-state index in [2.05, 4.69) is 47.6 Å². The van der Waals surface area contributed by atoms with Gasteiger partial charge in [0.25, 0.3) is 0 Å². The third kappa shape index (κ3) is 2.87. The minimum Gasteiger partial charge on any atom is -0.481 e. The van der Waals surface area contributed by atoms with E-state index in [-0.39, 0.29) is 22.2 Å². The molecule has 5 aliphatic rings. The number of rotatable bonds is 1. The zero-order valence-corrected chi connectivity index (χ0v) is 22.3. The first-order valence-electron chi connectivity index (χ1n) is 13.8. The molecule has 2 N–H and O–H groups in total. The number of carboxylic acids is 1. The normalized spacial score (nSPS) is 55.3. The maximum Gasteiger partial charge on any atom is 0.312 e. The van der Waals surface area contributed by atoms with E-state index in [4.69, 9.17) is 0 Å². The number of hydrogen-bond acceptors (Lipinski definition) is 2. The van der Waals surface area contributed by atoms with Gasteiger partial charge in [-0.15, -0.1) is 0 Å². The topological polar surface area (TPSA) is 57.5 Å². The van der Waals surface area contributed by atoms with Crippen molar-refractivity contribution in [2.75, 3.05) is 0 Å². The molecule has 0 spiro atoms. The van der Waals surface area contributed by atoms with Gasteiger partial charge in [-0.3, -0.25) is 4.79 Å². The highest BCUT2D eigenvalue weighted by atomic mass is 16.4. The lowest BCUT2D eigenvalue weighted by Crippen LogP contribution is -2.66. The van der Waals surface area contributed by atoms with Gasteiger partial charge in [0.05, 0.1) is 11.5 Å². The van der Waals surface area contributed by atoms with Crippen LogP contribution in [0.3, 0.4) is 0 Å². The Hall–Kier alpha value is -0.830. The SMILES string of the molecule is CC1(C)CC[C@@]2(C)CC[C@@]3(C)C(=CC[C@H]4[C@]5(C)CC[C@H](O)[C@@](C)(C(=O)O)[C@H]5CC[C@@]43C)[C@H]2C1. The molecule has 3 heteroatoms. The number of hydrogen-bond donors (Lipinski definition) is 2. The van der Waals surface area contributed by atoms with Crippen LogP contribution in [0, 0.1) is 50.2 Å². The summed E-state index contributed by atoms with van der Waals surface area (Å²) in [5.41, 5.74) is 1.98. The highest BCUT2D eigenvalue weighted by Crippen LogP contribution is 2.75. The smallest absolute Gasteiger partial charge is 0.312 e. The van der Waals surface area contributed by atoms with Crippen LogP contribution in [0.4, 0.5) is 0 Å². The largest absolute Gasteiger partial charge is 0.481 e. The Bertz CT molecular complexity index is 889. The van der Waals surface area contributed by atoms with Crippen LogP contribution in [0.5, 0.6) is 0 Å². The van der Waals surface area contributed by atoms with E-state index in [1.54, 1.807) is 5.57 Å². The van der Waals surface area contributed by atoms with Gasteiger partial charge in [0.2, 0.25) is 0 Å². The molecular weight excluding hydrogens is 408 g/mol. The molecule has 186 valence electrons. The van der Waals surface area contributed by atoms with Crippen LogP contribution in [0.25, 0.3) is 0 Å². The highest BCUT2D eigenvalue weighted by Gasteiger charge is 2.69. The van der Waals surface area contributed by atoms with Crippen molar-refractivity contribution in [2.24, 2.45) is 50.2 Å². The van der Waals surface area contributed by atoms with Crippen LogP contribution in [0.2, 0.25) is 0 Å². The first-order valence-corrected chi connectivity index (χ1v) is 13.8. The molecule has 0 saturated heterocycles. The molecule has 0 bridgehead atoms. The molecule has 4 saturated carbocycles. The number of allylic oxidation sites excluding steroid dienone is 2. The molecule has 0 aliphatic heterocycles. The standard InChI is InChI=1S/C30H48O3/c1-25(2)14-15-26(3)16-17-28(5)19(20(26)18-25)8-9-21-27(4)12-11-23(31)30(7,24(32)33)22(27)10-13-29(21,28)6/h8,20-23,31H,9-18H2,1-7H3,(H,32,33)/t20-,21+,22+,23+,26+,27+,28+,29+,30+/m1/s1. The molecule has 3 nitrogen and oxygen atoms in total. The average Bonchev–Trinajstić information content (AvgIpc) is 2.72. The van der Waals surface area contributed by atoms with Gasteiger partial charge >= 0.3 is 5.97 Å². The Morgan fingerprint density at radius 2 is 1.55 bits per heavy atom. The first-order chi connectivity index (χ1) is 15.1. The number of aliphatic carboxylic acids is 1.